The van der Waals surface area contributed by atoms with Gasteiger partial charge in [0.05, 0.1) is 12.1 Å². The van der Waals surface area contributed by atoms with Crippen molar-refractivity contribution >= 4 is 52.4 Å². The molecule has 0 aromatic heterocycles. The molecular formula is C18H31N5O2S2. The van der Waals surface area contributed by atoms with Crippen molar-refractivity contribution < 1.29 is 9.59 Å². The smallest absolute Gasteiger partial charge is 0.241 e. The van der Waals surface area contributed by atoms with E-state index < -0.39 is 12.1 Å². The molecule has 1 rings (SSSR count). The average Bonchev–Trinajstić information content (AvgIpc) is 2.61. The fourth-order valence-corrected chi connectivity index (χ4v) is 3.66. The van der Waals surface area contributed by atoms with Crippen molar-refractivity contribution in [1.82, 2.24) is 0 Å². The first-order chi connectivity index (χ1) is 12.9. The zero-order valence-electron chi connectivity index (χ0n) is 16.0. The Morgan fingerprint density at radius 3 is 1.67 bits per heavy atom. The summed E-state index contributed by atoms with van der Waals surface area (Å²) in [6.07, 6.45) is 1.20. The third-order valence-electron chi connectivity index (χ3n) is 3.72. The molecule has 0 fully saturated rings. The van der Waals surface area contributed by atoms with Gasteiger partial charge in [0.2, 0.25) is 11.8 Å². The van der Waals surface area contributed by atoms with Crippen molar-refractivity contribution in [3.05, 3.63) is 18.2 Å². The van der Waals surface area contributed by atoms with Gasteiger partial charge in [-0.05, 0) is 54.1 Å². The van der Waals surface area contributed by atoms with E-state index in [1.54, 1.807) is 41.7 Å². The lowest BCUT2D eigenvalue weighted by Crippen LogP contribution is -2.36. The molecule has 1 aromatic rings. The van der Waals surface area contributed by atoms with Crippen LogP contribution in [0.2, 0.25) is 0 Å². The summed E-state index contributed by atoms with van der Waals surface area (Å²) in [7, 11) is 0. The topological polar surface area (TPSA) is 136 Å². The maximum atomic E-state index is 12.2. The second-order valence-corrected chi connectivity index (χ2v) is 8.79. The number of nitrogens with two attached hydrogens (primary N) is 3. The van der Waals surface area contributed by atoms with Crippen LogP contribution >= 0.6 is 23.5 Å². The summed E-state index contributed by atoms with van der Waals surface area (Å²) in [5.41, 5.74) is 19.1. The maximum Gasteiger partial charge on any atom is 0.241 e. The number of thioether (sulfide) groups is 2. The van der Waals surface area contributed by atoms with Gasteiger partial charge in [0.15, 0.2) is 0 Å². The molecule has 152 valence electrons. The van der Waals surface area contributed by atoms with Gasteiger partial charge in [0.25, 0.3) is 0 Å². The molecular weight excluding hydrogens is 382 g/mol. The average molecular weight is 414 g/mol. The Labute approximate surface area is 169 Å². The maximum absolute atomic E-state index is 12.2. The van der Waals surface area contributed by atoms with Crippen LogP contribution in [-0.4, -0.2) is 46.9 Å². The third-order valence-corrected chi connectivity index (χ3v) is 5.58. The summed E-state index contributed by atoms with van der Waals surface area (Å²) < 4.78 is 0. The number of carbonyl (C=O) groups is 2. The second kappa shape index (κ2) is 12.9. The minimum Gasteiger partial charge on any atom is -0.399 e. The molecule has 0 bridgehead atoms. The van der Waals surface area contributed by atoms with E-state index in [1.165, 1.54) is 0 Å². The first-order valence-electron chi connectivity index (χ1n) is 9.06. The lowest BCUT2D eigenvalue weighted by molar-refractivity contribution is -0.118. The van der Waals surface area contributed by atoms with Crippen molar-refractivity contribution in [3.8, 4) is 0 Å². The van der Waals surface area contributed by atoms with E-state index in [4.69, 9.17) is 17.2 Å². The van der Waals surface area contributed by atoms with E-state index in [2.05, 4.69) is 24.5 Å². The van der Waals surface area contributed by atoms with Gasteiger partial charge in [0.1, 0.15) is 0 Å². The van der Waals surface area contributed by atoms with Crippen LogP contribution in [0, 0.1) is 0 Å². The molecule has 1 aromatic carbocycles. The predicted octanol–water partition coefficient (Wildman–Crippen LogP) is 2.09. The zero-order chi connectivity index (χ0) is 20.2. The number of nitrogens with one attached hydrogen (secondary N) is 2. The van der Waals surface area contributed by atoms with Crippen LogP contribution in [0.1, 0.15) is 26.7 Å². The molecule has 0 spiro atoms. The van der Waals surface area contributed by atoms with Gasteiger partial charge in [-0.1, -0.05) is 13.8 Å². The number of amides is 2. The van der Waals surface area contributed by atoms with Crippen molar-refractivity contribution in [2.75, 3.05) is 39.4 Å². The van der Waals surface area contributed by atoms with Gasteiger partial charge in [-0.25, -0.2) is 0 Å². The molecule has 0 aliphatic rings. The third kappa shape index (κ3) is 9.37. The van der Waals surface area contributed by atoms with Gasteiger partial charge >= 0.3 is 0 Å². The highest BCUT2D eigenvalue weighted by atomic mass is 32.2. The quantitative estimate of drug-likeness (QED) is 0.261. The fourth-order valence-electron chi connectivity index (χ4n) is 2.24. The number of nitrogen functional groups attached to an aromatic ring is 1. The molecule has 7 nitrogen and oxygen atoms in total. The van der Waals surface area contributed by atoms with Crippen LogP contribution in [0.15, 0.2) is 18.2 Å². The van der Waals surface area contributed by atoms with Crippen LogP contribution in [-0.2, 0) is 9.59 Å². The molecule has 0 aliphatic heterocycles. The molecule has 2 amide bonds. The summed E-state index contributed by atoms with van der Waals surface area (Å²) in [6, 6.07) is 3.71. The Kier molecular flexibility index (Phi) is 11.3. The minimum atomic E-state index is -0.590. The van der Waals surface area contributed by atoms with Crippen molar-refractivity contribution in [2.45, 2.75) is 38.8 Å². The van der Waals surface area contributed by atoms with E-state index in [1.807, 2.05) is 0 Å². The van der Waals surface area contributed by atoms with Crippen molar-refractivity contribution in [3.63, 3.8) is 0 Å². The number of hydrogen-bond acceptors (Lipinski definition) is 7. The second-order valence-electron chi connectivity index (χ2n) is 6.01. The lowest BCUT2D eigenvalue weighted by atomic mass is 10.2. The number of hydrogen-bond donors (Lipinski definition) is 5. The Balaban J connectivity index is 2.65. The molecule has 0 aliphatic carbocycles. The first kappa shape index (κ1) is 23.6. The number of carbonyl (C=O) groups excluding carboxylic acids is 2. The Bertz CT molecular complexity index is 567. The van der Waals surface area contributed by atoms with Gasteiger partial charge in [-0.2, -0.15) is 23.5 Å². The van der Waals surface area contributed by atoms with Crippen molar-refractivity contribution in [2.24, 2.45) is 11.5 Å². The molecule has 0 heterocycles. The number of rotatable bonds is 12. The van der Waals surface area contributed by atoms with E-state index in [0.29, 0.717) is 29.9 Å². The highest BCUT2D eigenvalue weighted by Gasteiger charge is 2.16. The summed E-state index contributed by atoms with van der Waals surface area (Å²) in [6.45, 7) is 4.13. The lowest BCUT2D eigenvalue weighted by Gasteiger charge is -2.15. The predicted molar refractivity (Wildman–Crippen MR) is 119 cm³/mol. The van der Waals surface area contributed by atoms with Crippen LogP contribution in [0.3, 0.4) is 0 Å². The highest BCUT2D eigenvalue weighted by Crippen LogP contribution is 2.21. The van der Waals surface area contributed by atoms with E-state index >= 15 is 0 Å². The largest absolute Gasteiger partial charge is 0.399 e. The van der Waals surface area contributed by atoms with Gasteiger partial charge in [-0.3, -0.25) is 9.59 Å². The molecule has 0 radical (unpaired) electrons. The highest BCUT2D eigenvalue weighted by molar-refractivity contribution is 7.99. The Morgan fingerprint density at radius 2 is 1.30 bits per heavy atom. The molecule has 0 saturated carbocycles. The molecule has 0 saturated heterocycles. The van der Waals surface area contributed by atoms with Crippen molar-refractivity contribution in [1.29, 1.82) is 0 Å². The summed E-state index contributed by atoms with van der Waals surface area (Å²) in [4.78, 5) is 24.4. The normalized spacial score (nSPS) is 13.0. The van der Waals surface area contributed by atoms with Crippen LogP contribution in [0.5, 0.6) is 0 Å². The first-order valence-corrected chi connectivity index (χ1v) is 11.4. The summed E-state index contributed by atoms with van der Waals surface area (Å²) in [5, 5.41) is 5.51. The van der Waals surface area contributed by atoms with Crippen LogP contribution in [0.25, 0.3) is 0 Å². The Hall–Kier alpha value is -1.42. The molecule has 8 N–H and O–H groups in total. The standard InChI is InChI=1S/C18H31N5O2S2/c1-3-26-7-5-15(20)17(24)22-13-9-12(19)10-14(11-13)23-18(25)16(21)6-8-27-4-2/h9-11,15-16H,3-8,19-21H2,1-2H3,(H,22,24)(H,23,25)/t15-,16-/m0/s1. The summed E-state index contributed by atoms with van der Waals surface area (Å²) in [5.74, 6) is 3.10. The van der Waals surface area contributed by atoms with Crippen LogP contribution in [0.4, 0.5) is 17.1 Å². The van der Waals surface area contributed by atoms with E-state index in [-0.39, 0.29) is 11.8 Å². The monoisotopic (exact) mass is 413 g/mol. The van der Waals surface area contributed by atoms with Crippen LogP contribution < -0.4 is 27.8 Å². The number of anilines is 3. The minimum absolute atomic E-state index is 0.275. The molecule has 27 heavy (non-hydrogen) atoms. The summed E-state index contributed by atoms with van der Waals surface area (Å²) >= 11 is 3.48. The molecule has 2 atom stereocenters. The van der Waals surface area contributed by atoms with Gasteiger partial charge in [-0.15, -0.1) is 0 Å². The van der Waals surface area contributed by atoms with E-state index in [0.717, 1.165) is 23.0 Å². The number of benzene rings is 1. The van der Waals surface area contributed by atoms with Gasteiger partial charge < -0.3 is 27.8 Å². The molecule has 9 heteroatoms. The van der Waals surface area contributed by atoms with E-state index in [9.17, 15) is 9.59 Å². The SMILES string of the molecule is CCSCC[C@H](N)C(=O)Nc1cc(N)cc(NC(=O)[C@@H](N)CCSCC)c1. The molecule has 0 unspecified atom stereocenters. The Morgan fingerprint density at radius 1 is 0.889 bits per heavy atom. The fraction of sp³-hybridized carbons (Fsp3) is 0.556. The van der Waals surface area contributed by atoms with Gasteiger partial charge in [0, 0.05) is 17.1 Å². The zero-order valence-corrected chi connectivity index (χ0v) is 17.6.